The lowest BCUT2D eigenvalue weighted by Crippen LogP contribution is -1.95. The summed E-state index contributed by atoms with van der Waals surface area (Å²) in [5.74, 6) is 0.671. The Balaban J connectivity index is 1.97. The topological polar surface area (TPSA) is 33.4 Å². The molecule has 0 aliphatic rings. The number of aliphatic hydroxyl groups excluding tert-OH is 1. The highest BCUT2D eigenvalue weighted by Gasteiger charge is 2.10. The van der Waals surface area contributed by atoms with Crippen molar-refractivity contribution < 1.29 is 9.52 Å². The van der Waals surface area contributed by atoms with Crippen LogP contribution in [0.15, 0.2) is 21.2 Å². The summed E-state index contributed by atoms with van der Waals surface area (Å²) in [6, 6.07) is 3.66. The van der Waals surface area contributed by atoms with E-state index >= 15 is 0 Å². The monoisotopic (exact) mass is 316 g/mol. The number of unbranched alkanes of at least 4 members (excludes halogenated alkanes) is 7. The lowest BCUT2D eigenvalue weighted by molar-refractivity contribution is 0.135. The summed E-state index contributed by atoms with van der Waals surface area (Å²) in [4.78, 5) is 0. The van der Waals surface area contributed by atoms with E-state index < -0.39 is 6.10 Å². The second-order valence-electron chi connectivity index (χ2n) is 4.92. The number of aliphatic hydroxyl groups is 1. The van der Waals surface area contributed by atoms with Crippen molar-refractivity contribution in [3.8, 4) is 0 Å². The van der Waals surface area contributed by atoms with E-state index in [4.69, 9.17) is 4.42 Å². The zero-order chi connectivity index (χ0) is 13.2. The van der Waals surface area contributed by atoms with Crippen molar-refractivity contribution in [2.75, 3.05) is 0 Å². The highest BCUT2D eigenvalue weighted by Crippen LogP contribution is 2.24. The Labute approximate surface area is 119 Å². The molecule has 0 bridgehead atoms. The second-order valence-corrected chi connectivity index (χ2v) is 5.70. The lowest BCUT2D eigenvalue weighted by Gasteiger charge is -2.07. The molecule has 1 N–H and O–H groups in total. The van der Waals surface area contributed by atoms with Crippen LogP contribution >= 0.6 is 15.9 Å². The molecule has 0 saturated carbocycles. The highest BCUT2D eigenvalue weighted by atomic mass is 79.9. The number of halogens is 1. The zero-order valence-corrected chi connectivity index (χ0v) is 12.9. The van der Waals surface area contributed by atoms with Crippen molar-refractivity contribution >= 4 is 15.9 Å². The van der Waals surface area contributed by atoms with Gasteiger partial charge < -0.3 is 9.52 Å². The molecule has 0 radical (unpaired) electrons. The third kappa shape index (κ3) is 6.60. The first kappa shape index (κ1) is 15.8. The van der Waals surface area contributed by atoms with Crippen LogP contribution in [0.2, 0.25) is 0 Å². The molecule has 0 aromatic carbocycles. The molecule has 1 aromatic heterocycles. The van der Waals surface area contributed by atoms with E-state index in [0.717, 1.165) is 12.8 Å². The van der Waals surface area contributed by atoms with E-state index in [2.05, 4.69) is 22.9 Å². The average Bonchev–Trinajstić information content (AvgIpc) is 2.79. The van der Waals surface area contributed by atoms with Crippen LogP contribution in [-0.2, 0) is 0 Å². The van der Waals surface area contributed by atoms with Gasteiger partial charge in [0.15, 0.2) is 4.67 Å². The van der Waals surface area contributed by atoms with Gasteiger partial charge in [-0.3, -0.25) is 0 Å². The van der Waals surface area contributed by atoms with Crippen molar-refractivity contribution in [3.63, 3.8) is 0 Å². The van der Waals surface area contributed by atoms with Crippen molar-refractivity contribution in [2.24, 2.45) is 0 Å². The van der Waals surface area contributed by atoms with Gasteiger partial charge in [0.25, 0.3) is 0 Å². The lowest BCUT2D eigenvalue weighted by atomic mass is 10.0. The average molecular weight is 317 g/mol. The molecule has 1 heterocycles. The third-order valence-corrected chi connectivity index (χ3v) is 3.68. The SMILES string of the molecule is CCCCCCCCCCC(O)c1ccc(Br)o1. The van der Waals surface area contributed by atoms with Gasteiger partial charge in [0.2, 0.25) is 0 Å². The predicted octanol–water partition coefficient (Wildman–Crippen LogP) is 5.61. The molecule has 3 heteroatoms. The normalized spacial score (nSPS) is 12.8. The van der Waals surface area contributed by atoms with Crippen LogP contribution in [-0.4, -0.2) is 5.11 Å². The Hall–Kier alpha value is -0.280. The minimum absolute atomic E-state index is 0.448. The number of hydrogen-bond donors (Lipinski definition) is 1. The van der Waals surface area contributed by atoms with Crippen LogP contribution < -0.4 is 0 Å². The third-order valence-electron chi connectivity index (χ3n) is 3.25. The van der Waals surface area contributed by atoms with Crippen molar-refractivity contribution in [1.82, 2.24) is 0 Å². The number of rotatable bonds is 10. The fourth-order valence-electron chi connectivity index (χ4n) is 2.12. The summed E-state index contributed by atoms with van der Waals surface area (Å²) in [6.45, 7) is 2.24. The Bertz CT molecular complexity index is 309. The van der Waals surface area contributed by atoms with Gasteiger partial charge in [0.05, 0.1) is 0 Å². The standard InChI is InChI=1S/C15H25BrO2/c1-2-3-4-5-6-7-8-9-10-13(17)14-11-12-15(16)18-14/h11-13,17H,2-10H2,1H3. The molecule has 0 saturated heterocycles. The Morgan fingerprint density at radius 3 is 2.22 bits per heavy atom. The molecule has 2 nitrogen and oxygen atoms in total. The summed E-state index contributed by atoms with van der Waals surface area (Å²) < 4.78 is 6.02. The van der Waals surface area contributed by atoms with Gasteiger partial charge in [-0.05, 0) is 34.5 Å². The van der Waals surface area contributed by atoms with Crippen LogP contribution in [0.1, 0.15) is 76.6 Å². The van der Waals surface area contributed by atoms with Gasteiger partial charge in [-0.15, -0.1) is 0 Å². The van der Waals surface area contributed by atoms with Crippen molar-refractivity contribution in [2.45, 2.75) is 70.8 Å². The van der Waals surface area contributed by atoms with E-state index in [1.807, 2.05) is 12.1 Å². The largest absolute Gasteiger partial charge is 0.452 e. The van der Waals surface area contributed by atoms with Crippen LogP contribution in [0.4, 0.5) is 0 Å². The molecular formula is C15H25BrO2. The maximum Gasteiger partial charge on any atom is 0.169 e. The fraction of sp³-hybridized carbons (Fsp3) is 0.733. The highest BCUT2D eigenvalue weighted by molar-refractivity contribution is 9.10. The second kappa shape index (κ2) is 9.62. The first-order valence-electron chi connectivity index (χ1n) is 7.17. The van der Waals surface area contributed by atoms with E-state index in [1.165, 1.54) is 44.9 Å². The quantitative estimate of drug-likeness (QED) is 0.569. The minimum atomic E-state index is -0.448. The van der Waals surface area contributed by atoms with Gasteiger partial charge >= 0.3 is 0 Å². The Morgan fingerprint density at radius 2 is 1.67 bits per heavy atom. The summed E-state index contributed by atoms with van der Waals surface area (Å²) in [5.41, 5.74) is 0. The maximum atomic E-state index is 9.89. The summed E-state index contributed by atoms with van der Waals surface area (Å²) in [7, 11) is 0. The zero-order valence-electron chi connectivity index (χ0n) is 11.3. The minimum Gasteiger partial charge on any atom is -0.452 e. The van der Waals surface area contributed by atoms with E-state index in [9.17, 15) is 5.11 Å². The predicted molar refractivity (Wildman–Crippen MR) is 78.6 cm³/mol. The molecule has 1 atom stereocenters. The van der Waals surface area contributed by atoms with Gasteiger partial charge in [-0.1, -0.05) is 58.3 Å². The van der Waals surface area contributed by atoms with E-state index in [0.29, 0.717) is 10.4 Å². The molecular weight excluding hydrogens is 292 g/mol. The van der Waals surface area contributed by atoms with Crippen LogP contribution in [0.25, 0.3) is 0 Å². The number of hydrogen-bond acceptors (Lipinski definition) is 2. The summed E-state index contributed by atoms with van der Waals surface area (Å²) >= 11 is 3.25. The number of furan rings is 1. The molecule has 1 rings (SSSR count). The van der Waals surface area contributed by atoms with Crippen LogP contribution in [0, 0.1) is 0 Å². The molecule has 0 aliphatic heterocycles. The molecule has 1 unspecified atom stereocenters. The molecule has 0 fully saturated rings. The Morgan fingerprint density at radius 1 is 1.06 bits per heavy atom. The summed E-state index contributed by atoms with van der Waals surface area (Å²) in [6.07, 6.45) is 10.7. The molecule has 0 spiro atoms. The molecule has 104 valence electrons. The molecule has 1 aromatic rings. The van der Waals surface area contributed by atoms with Crippen molar-refractivity contribution in [1.29, 1.82) is 0 Å². The summed E-state index contributed by atoms with van der Waals surface area (Å²) in [5, 5.41) is 9.89. The van der Waals surface area contributed by atoms with Gasteiger partial charge in [0.1, 0.15) is 11.9 Å². The Kier molecular flexibility index (Phi) is 8.44. The molecule has 18 heavy (non-hydrogen) atoms. The van der Waals surface area contributed by atoms with E-state index in [1.54, 1.807) is 0 Å². The van der Waals surface area contributed by atoms with Gasteiger partial charge in [-0.25, -0.2) is 0 Å². The first-order valence-corrected chi connectivity index (χ1v) is 7.96. The van der Waals surface area contributed by atoms with E-state index in [-0.39, 0.29) is 0 Å². The molecule has 0 amide bonds. The van der Waals surface area contributed by atoms with Crippen molar-refractivity contribution in [3.05, 3.63) is 22.6 Å². The molecule has 0 aliphatic carbocycles. The maximum absolute atomic E-state index is 9.89. The van der Waals surface area contributed by atoms with Crippen LogP contribution in [0.5, 0.6) is 0 Å². The first-order chi connectivity index (χ1) is 8.74. The van der Waals surface area contributed by atoms with Gasteiger partial charge in [0, 0.05) is 0 Å². The van der Waals surface area contributed by atoms with Gasteiger partial charge in [-0.2, -0.15) is 0 Å². The fourth-order valence-corrected chi connectivity index (χ4v) is 2.44. The van der Waals surface area contributed by atoms with Crippen LogP contribution in [0.3, 0.4) is 0 Å². The smallest absolute Gasteiger partial charge is 0.169 e.